The van der Waals surface area contributed by atoms with Crippen LogP contribution in [0, 0.1) is 11.8 Å². The predicted molar refractivity (Wildman–Crippen MR) is 156 cm³/mol. The summed E-state index contributed by atoms with van der Waals surface area (Å²) in [6.07, 6.45) is 4.61. The summed E-state index contributed by atoms with van der Waals surface area (Å²) in [6, 6.07) is 12.9. The van der Waals surface area contributed by atoms with E-state index < -0.39 is 35.6 Å². The highest BCUT2D eigenvalue weighted by Gasteiger charge is 2.77. The molecule has 8 nitrogen and oxygen atoms in total. The fourth-order valence-electron chi connectivity index (χ4n) is 6.85. The van der Waals surface area contributed by atoms with E-state index in [0.717, 1.165) is 23.6 Å². The van der Waals surface area contributed by atoms with Crippen molar-refractivity contribution in [2.75, 3.05) is 31.2 Å². The van der Waals surface area contributed by atoms with Crippen molar-refractivity contribution >= 4 is 50.2 Å². The summed E-state index contributed by atoms with van der Waals surface area (Å²) in [5, 5.41) is 11.2. The predicted octanol–water partition coefficient (Wildman–Crippen LogP) is 4.22. The minimum absolute atomic E-state index is 0.125. The Morgan fingerprint density at radius 1 is 1.20 bits per heavy atom. The number of benzene rings is 2. The summed E-state index contributed by atoms with van der Waals surface area (Å²) in [6.45, 7) is 6.59. The van der Waals surface area contributed by atoms with Crippen LogP contribution in [0.4, 0.5) is 5.69 Å². The zero-order valence-electron chi connectivity index (χ0n) is 22.8. The van der Waals surface area contributed by atoms with Crippen LogP contribution >= 0.6 is 15.9 Å². The van der Waals surface area contributed by atoms with Gasteiger partial charge >= 0.3 is 5.97 Å². The van der Waals surface area contributed by atoms with E-state index in [1.54, 1.807) is 22.8 Å². The van der Waals surface area contributed by atoms with E-state index >= 15 is 0 Å². The van der Waals surface area contributed by atoms with E-state index in [9.17, 15) is 14.4 Å². The molecule has 1 spiro atoms. The van der Waals surface area contributed by atoms with Crippen molar-refractivity contribution in [3.8, 4) is 0 Å². The topological polar surface area (TPSA) is 96.4 Å². The maximum absolute atomic E-state index is 14.6. The molecule has 3 unspecified atom stereocenters. The van der Waals surface area contributed by atoms with Crippen molar-refractivity contribution in [1.29, 1.82) is 0 Å². The fraction of sp³-hybridized carbons (Fsp3) is 0.516. The Labute approximate surface area is 243 Å². The van der Waals surface area contributed by atoms with Crippen LogP contribution in [0.3, 0.4) is 0 Å². The number of hydrogen-bond acceptors (Lipinski definition) is 6. The maximum atomic E-state index is 14.6. The Balaban J connectivity index is 1.54. The zero-order valence-corrected chi connectivity index (χ0v) is 24.4. The second kappa shape index (κ2) is 12.0. The third-order valence-corrected chi connectivity index (χ3v) is 9.36. The molecule has 3 fully saturated rings. The Morgan fingerprint density at radius 3 is 2.67 bits per heavy atom. The Kier molecular flexibility index (Phi) is 8.63. The normalized spacial score (nSPS) is 28.6. The standard InChI is InChI=1S/C31H37BrN2O6/c1-3-15-33(22-14-13-20-11-7-8-12-21(20)18-22)29(37)27-31-19-23(32)26(40-31)24(30(38)39-4-2)25(31)28(36)34(27)16-9-5-6-10-17-35/h3,7-8,11-14,18,23-27,35H,1,4-6,9-10,15-17,19H2,2H3/t23?,24-,25-,26-,27?,31?/m0/s1. The number of fused-ring (bicyclic) bond motifs is 2. The number of rotatable bonds is 12. The van der Waals surface area contributed by atoms with Crippen molar-refractivity contribution in [2.45, 2.75) is 61.6 Å². The van der Waals surface area contributed by atoms with Gasteiger partial charge in [0.25, 0.3) is 5.91 Å². The molecule has 2 bridgehead atoms. The number of esters is 1. The first kappa shape index (κ1) is 28.8. The van der Waals surface area contributed by atoms with Crippen molar-refractivity contribution in [3.63, 3.8) is 0 Å². The lowest BCUT2D eigenvalue weighted by molar-refractivity contribution is -0.154. The van der Waals surface area contributed by atoms with Crippen molar-refractivity contribution in [2.24, 2.45) is 11.8 Å². The number of carbonyl (C=O) groups is 3. The van der Waals surface area contributed by atoms with Crippen LogP contribution in [0.2, 0.25) is 0 Å². The number of anilines is 1. The number of alkyl halides is 1. The largest absolute Gasteiger partial charge is 0.466 e. The molecule has 40 heavy (non-hydrogen) atoms. The zero-order chi connectivity index (χ0) is 28.4. The van der Waals surface area contributed by atoms with E-state index in [1.165, 1.54) is 0 Å². The highest BCUT2D eigenvalue weighted by atomic mass is 79.9. The van der Waals surface area contributed by atoms with Crippen LogP contribution in [0.1, 0.15) is 39.0 Å². The van der Waals surface area contributed by atoms with Crippen molar-refractivity contribution < 1.29 is 29.0 Å². The Bertz CT molecular complexity index is 1290. The summed E-state index contributed by atoms with van der Waals surface area (Å²) in [5.74, 6) is -2.47. The highest BCUT2D eigenvalue weighted by Crippen LogP contribution is 2.60. The van der Waals surface area contributed by atoms with Crippen molar-refractivity contribution in [1.82, 2.24) is 4.90 Å². The first-order valence-corrected chi connectivity index (χ1v) is 15.1. The molecule has 9 heteroatoms. The Morgan fingerprint density at radius 2 is 1.95 bits per heavy atom. The lowest BCUT2D eigenvalue weighted by atomic mass is 9.70. The number of nitrogens with zero attached hydrogens (tertiary/aromatic N) is 2. The number of halogens is 1. The second-order valence-electron chi connectivity index (χ2n) is 10.9. The second-order valence-corrected chi connectivity index (χ2v) is 12.0. The molecule has 2 aromatic rings. The lowest BCUT2D eigenvalue weighted by Gasteiger charge is -2.37. The van der Waals surface area contributed by atoms with E-state index in [0.29, 0.717) is 31.5 Å². The molecular formula is C31H37BrN2O6. The molecule has 0 radical (unpaired) electrons. The van der Waals surface area contributed by atoms with Gasteiger partial charge in [0.2, 0.25) is 5.91 Å². The molecule has 3 saturated heterocycles. The fourth-order valence-corrected chi connectivity index (χ4v) is 7.79. The van der Waals surface area contributed by atoms with Crippen LogP contribution in [0.5, 0.6) is 0 Å². The molecule has 3 heterocycles. The number of unbranched alkanes of at least 4 members (excludes halogenated alkanes) is 3. The molecule has 2 amide bonds. The van der Waals surface area contributed by atoms with Crippen LogP contribution in [-0.2, 0) is 23.9 Å². The van der Waals surface area contributed by atoms with Gasteiger partial charge in [0, 0.05) is 30.2 Å². The molecule has 5 rings (SSSR count). The molecule has 0 aliphatic carbocycles. The molecule has 1 N–H and O–H groups in total. The first-order chi connectivity index (χ1) is 19.4. The van der Waals surface area contributed by atoms with E-state index in [4.69, 9.17) is 14.6 Å². The highest BCUT2D eigenvalue weighted by molar-refractivity contribution is 9.09. The van der Waals surface area contributed by atoms with Crippen LogP contribution in [0.15, 0.2) is 55.1 Å². The summed E-state index contributed by atoms with van der Waals surface area (Å²) in [5.41, 5.74) is -0.421. The number of carbonyl (C=O) groups excluding carboxylic acids is 3. The van der Waals surface area contributed by atoms with Crippen LogP contribution < -0.4 is 4.90 Å². The van der Waals surface area contributed by atoms with Gasteiger partial charge in [0.15, 0.2) is 0 Å². The molecule has 2 aromatic carbocycles. The van der Waals surface area contributed by atoms with Gasteiger partial charge in [-0.1, -0.05) is 65.2 Å². The monoisotopic (exact) mass is 612 g/mol. The van der Waals surface area contributed by atoms with E-state index in [2.05, 4.69) is 22.5 Å². The van der Waals surface area contributed by atoms with Gasteiger partial charge < -0.3 is 24.4 Å². The molecule has 214 valence electrons. The maximum Gasteiger partial charge on any atom is 0.312 e. The summed E-state index contributed by atoms with van der Waals surface area (Å²) in [4.78, 5) is 45.0. The average molecular weight is 614 g/mol. The van der Waals surface area contributed by atoms with E-state index in [1.807, 2.05) is 42.5 Å². The van der Waals surface area contributed by atoms with E-state index in [-0.39, 0.29) is 36.4 Å². The lowest BCUT2D eigenvalue weighted by Crippen LogP contribution is -2.57. The average Bonchev–Trinajstić information content (AvgIpc) is 3.54. The summed E-state index contributed by atoms with van der Waals surface area (Å²) in [7, 11) is 0. The van der Waals surface area contributed by atoms with Gasteiger partial charge in [0.1, 0.15) is 11.6 Å². The van der Waals surface area contributed by atoms with Gasteiger partial charge in [-0.3, -0.25) is 14.4 Å². The van der Waals surface area contributed by atoms with Gasteiger partial charge in [-0.05, 0) is 49.1 Å². The van der Waals surface area contributed by atoms with Gasteiger partial charge in [-0.2, -0.15) is 0 Å². The number of aliphatic hydroxyl groups excluding tert-OH is 1. The number of ether oxygens (including phenoxy) is 2. The number of likely N-dealkylation sites (tertiary alicyclic amines) is 1. The number of hydrogen-bond donors (Lipinski definition) is 1. The SMILES string of the molecule is C=CCN(C(=O)C1N(CCCCCCO)C(=O)[C@@H]2[C@H](C(=O)OCC)[C@H]3OC12CC3Br)c1ccc2ccccc2c1. The van der Waals surface area contributed by atoms with Gasteiger partial charge in [-0.25, -0.2) is 0 Å². The van der Waals surface area contributed by atoms with Crippen LogP contribution in [-0.4, -0.2) is 76.7 Å². The molecule has 3 aliphatic heterocycles. The van der Waals surface area contributed by atoms with Crippen molar-refractivity contribution in [3.05, 3.63) is 55.1 Å². The third-order valence-electron chi connectivity index (χ3n) is 8.51. The molecule has 0 aromatic heterocycles. The number of amides is 2. The Hall–Kier alpha value is -2.75. The number of aliphatic hydroxyl groups is 1. The quantitative estimate of drug-likeness (QED) is 0.167. The van der Waals surface area contributed by atoms with Crippen LogP contribution in [0.25, 0.3) is 10.8 Å². The molecule has 3 aliphatic rings. The molecular weight excluding hydrogens is 576 g/mol. The van der Waals surface area contributed by atoms with Gasteiger partial charge in [0.05, 0.1) is 24.5 Å². The minimum Gasteiger partial charge on any atom is -0.466 e. The molecule has 6 atom stereocenters. The summed E-state index contributed by atoms with van der Waals surface area (Å²) < 4.78 is 12.0. The minimum atomic E-state index is -1.13. The summed E-state index contributed by atoms with van der Waals surface area (Å²) >= 11 is 3.70. The first-order valence-electron chi connectivity index (χ1n) is 14.2. The van der Waals surface area contributed by atoms with Gasteiger partial charge in [-0.15, -0.1) is 6.58 Å². The molecule has 0 saturated carbocycles. The third kappa shape index (κ3) is 4.86. The smallest absolute Gasteiger partial charge is 0.312 e.